The Morgan fingerprint density at radius 2 is 2.00 bits per heavy atom. The second kappa shape index (κ2) is 6.16. The fraction of sp³-hybridized carbons (Fsp3) is 0.462. The Balaban J connectivity index is 2.37. The molecule has 0 aliphatic heterocycles. The second-order valence-electron chi connectivity index (χ2n) is 3.69. The van der Waals surface area contributed by atoms with Gasteiger partial charge >= 0.3 is 5.97 Å². The summed E-state index contributed by atoms with van der Waals surface area (Å²) in [4.78, 5) is 10.9. The standard InChI is InChI=1S/C13H18O3/c1-4-13(14)16-8-7-15-12-9-10(2)5-6-11(12)3/h5-6,9H,4,7-8H2,1-3H3. The second-order valence-corrected chi connectivity index (χ2v) is 3.69. The van der Waals surface area contributed by atoms with Gasteiger partial charge in [-0.15, -0.1) is 0 Å². The molecule has 3 heteroatoms. The summed E-state index contributed by atoms with van der Waals surface area (Å²) in [6, 6.07) is 6.04. The molecule has 0 unspecified atom stereocenters. The maximum atomic E-state index is 10.9. The summed E-state index contributed by atoms with van der Waals surface area (Å²) in [5, 5.41) is 0. The number of hydrogen-bond acceptors (Lipinski definition) is 3. The van der Waals surface area contributed by atoms with Crippen LogP contribution >= 0.6 is 0 Å². The third-order valence-electron chi connectivity index (χ3n) is 2.24. The largest absolute Gasteiger partial charge is 0.490 e. The van der Waals surface area contributed by atoms with Crippen LogP contribution in [0.4, 0.5) is 0 Å². The Morgan fingerprint density at radius 1 is 1.25 bits per heavy atom. The zero-order chi connectivity index (χ0) is 12.0. The van der Waals surface area contributed by atoms with Gasteiger partial charge in [0.05, 0.1) is 0 Å². The van der Waals surface area contributed by atoms with Crippen LogP contribution in [0.1, 0.15) is 24.5 Å². The highest BCUT2D eigenvalue weighted by Crippen LogP contribution is 2.18. The number of esters is 1. The minimum Gasteiger partial charge on any atom is -0.490 e. The zero-order valence-corrected chi connectivity index (χ0v) is 10.1. The van der Waals surface area contributed by atoms with E-state index in [-0.39, 0.29) is 5.97 Å². The number of carbonyl (C=O) groups excluding carboxylic acids is 1. The summed E-state index contributed by atoms with van der Waals surface area (Å²) in [6.45, 7) is 6.49. The van der Waals surface area contributed by atoms with E-state index in [2.05, 4.69) is 0 Å². The summed E-state index contributed by atoms with van der Waals surface area (Å²) in [7, 11) is 0. The summed E-state index contributed by atoms with van der Waals surface area (Å²) in [5.74, 6) is 0.664. The molecule has 0 bridgehead atoms. The molecule has 0 heterocycles. The molecule has 0 amide bonds. The lowest BCUT2D eigenvalue weighted by molar-refractivity contribution is -0.143. The number of rotatable bonds is 5. The normalized spacial score (nSPS) is 9.94. The minimum atomic E-state index is -0.190. The highest BCUT2D eigenvalue weighted by Gasteiger charge is 2.01. The van der Waals surface area contributed by atoms with Gasteiger partial charge in [0.2, 0.25) is 0 Å². The van der Waals surface area contributed by atoms with Gasteiger partial charge in [-0.2, -0.15) is 0 Å². The molecule has 0 fully saturated rings. The van der Waals surface area contributed by atoms with Crippen molar-refractivity contribution in [3.05, 3.63) is 29.3 Å². The van der Waals surface area contributed by atoms with Gasteiger partial charge in [-0.05, 0) is 31.0 Å². The lowest BCUT2D eigenvalue weighted by Gasteiger charge is -2.10. The van der Waals surface area contributed by atoms with Crippen molar-refractivity contribution < 1.29 is 14.3 Å². The smallest absolute Gasteiger partial charge is 0.305 e. The molecule has 0 spiro atoms. The lowest BCUT2D eigenvalue weighted by Crippen LogP contribution is -2.11. The van der Waals surface area contributed by atoms with E-state index in [9.17, 15) is 4.79 Å². The maximum Gasteiger partial charge on any atom is 0.305 e. The van der Waals surface area contributed by atoms with E-state index in [1.807, 2.05) is 32.0 Å². The van der Waals surface area contributed by atoms with Crippen LogP contribution in [0.25, 0.3) is 0 Å². The van der Waals surface area contributed by atoms with Crippen molar-refractivity contribution in [3.8, 4) is 5.75 Å². The molecule has 0 radical (unpaired) electrons. The molecule has 1 aromatic carbocycles. The summed E-state index contributed by atoms with van der Waals surface area (Å²) < 4.78 is 10.5. The minimum absolute atomic E-state index is 0.190. The van der Waals surface area contributed by atoms with Gasteiger partial charge in [0.25, 0.3) is 0 Å². The molecule has 1 rings (SSSR count). The Morgan fingerprint density at radius 3 is 2.69 bits per heavy atom. The number of benzene rings is 1. The van der Waals surface area contributed by atoms with Gasteiger partial charge < -0.3 is 9.47 Å². The summed E-state index contributed by atoms with van der Waals surface area (Å²) in [6.07, 6.45) is 0.406. The van der Waals surface area contributed by atoms with Gasteiger partial charge in [-0.1, -0.05) is 19.1 Å². The number of ether oxygens (including phenoxy) is 2. The van der Waals surface area contributed by atoms with E-state index in [1.165, 1.54) is 0 Å². The van der Waals surface area contributed by atoms with E-state index in [0.29, 0.717) is 19.6 Å². The van der Waals surface area contributed by atoms with E-state index in [1.54, 1.807) is 6.92 Å². The Labute approximate surface area is 96.4 Å². The van der Waals surface area contributed by atoms with Gasteiger partial charge in [0.1, 0.15) is 19.0 Å². The predicted octanol–water partition coefficient (Wildman–Crippen LogP) is 2.64. The topological polar surface area (TPSA) is 35.5 Å². The third-order valence-corrected chi connectivity index (χ3v) is 2.24. The SMILES string of the molecule is CCC(=O)OCCOc1cc(C)ccc1C. The average molecular weight is 222 g/mol. The average Bonchev–Trinajstić information content (AvgIpc) is 2.28. The van der Waals surface area contributed by atoms with Crippen LogP contribution in [0.3, 0.4) is 0 Å². The third kappa shape index (κ3) is 3.93. The maximum absolute atomic E-state index is 10.9. The molecule has 0 saturated heterocycles. The van der Waals surface area contributed by atoms with Crippen LogP contribution in [0, 0.1) is 13.8 Å². The molecule has 88 valence electrons. The van der Waals surface area contributed by atoms with Crippen molar-refractivity contribution in [2.75, 3.05) is 13.2 Å². The van der Waals surface area contributed by atoms with Crippen molar-refractivity contribution >= 4 is 5.97 Å². The molecule has 0 aliphatic rings. The van der Waals surface area contributed by atoms with Crippen LogP contribution in [-0.2, 0) is 9.53 Å². The number of hydrogen-bond donors (Lipinski definition) is 0. The molecule has 1 aromatic rings. The molecule has 0 aliphatic carbocycles. The van der Waals surface area contributed by atoms with Gasteiger partial charge in [0, 0.05) is 6.42 Å². The van der Waals surface area contributed by atoms with Crippen molar-refractivity contribution in [1.82, 2.24) is 0 Å². The van der Waals surface area contributed by atoms with E-state index >= 15 is 0 Å². The molecule has 0 N–H and O–H groups in total. The molecule has 0 aromatic heterocycles. The van der Waals surface area contributed by atoms with Gasteiger partial charge in [0.15, 0.2) is 0 Å². The number of aryl methyl sites for hydroxylation is 2. The van der Waals surface area contributed by atoms with E-state index in [0.717, 1.165) is 16.9 Å². The molecule has 16 heavy (non-hydrogen) atoms. The highest BCUT2D eigenvalue weighted by molar-refractivity contribution is 5.68. The van der Waals surface area contributed by atoms with Crippen molar-refractivity contribution in [3.63, 3.8) is 0 Å². The zero-order valence-electron chi connectivity index (χ0n) is 10.1. The fourth-order valence-electron chi connectivity index (χ4n) is 1.27. The monoisotopic (exact) mass is 222 g/mol. The molecule has 0 saturated carbocycles. The van der Waals surface area contributed by atoms with Crippen molar-refractivity contribution in [1.29, 1.82) is 0 Å². The van der Waals surface area contributed by atoms with Crippen LogP contribution < -0.4 is 4.74 Å². The van der Waals surface area contributed by atoms with Crippen molar-refractivity contribution in [2.45, 2.75) is 27.2 Å². The molecular weight excluding hydrogens is 204 g/mol. The van der Waals surface area contributed by atoms with Crippen molar-refractivity contribution in [2.24, 2.45) is 0 Å². The van der Waals surface area contributed by atoms with E-state index < -0.39 is 0 Å². The Kier molecular flexibility index (Phi) is 4.83. The first-order chi connectivity index (χ1) is 7.63. The summed E-state index contributed by atoms with van der Waals surface area (Å²) >= 11 is 0. The molecule has 3 nitrogen and oxygen atoms in total. The van der Waals surface area contributed by atoms with Gasteiger partial charge in [-0.3, -0.25) is 4.79 Å². The number of carbonyl (C=O) groups is 1. The van der Waals surface area contributed by atoms with Gasteiger partial charge in [-0.25, -0.2) is 0 Å². The summed E-state index contributed by atoms with van der Waals surface area (Å²) in [5.41, 5.74) is 2.25. The predicted molar refractivity (Wildman–Crippen MR) is 62.7 cm³/mol. The first kappa shape index (κ1) is 12.6. The lowest BCUT2D eigenvalue weighted by atomic mass is 10.1. The molecule has 0 atom stereocenters. The highest BCUT2D eigenvalue weighted by atomic mass is 16.6. The molecular formula is C13H18O3. The quantitative estimate of drug-likeness (QED) is 0.567. The van der Waals surface area contributed by atoms with Crippen LogP contribution in [0.15, 0.2) is 18.2 Å². The first-order valence-electron chi connectivity index (χ1n) is 5.49. The van der Waals surface area contributed by atoms with Crippen LogP contribution in [0.5, 0.6) is 5.75 Å². The van der Waals surface area contributed by atoms with E-state index in [4.69, 9.17) is 9.47 Å². The first-order valence-corrected chi connectivity index (χ1v) is 5.49. The fourth-order valence-corrected chi connectivity index (χ4v) is 1.27. The van der Waals surface area contributed by atoms with Crippen LogP contribution in [0.2, 0.25) is 0 Å². The van der Waals surface area contributed by atoms with Crippen LogP contribution in [-0.4, -0.2) is 19.2 Å². The Hall–Kier alpha value is -1.51. The Bertz CT molecular complexity index is 358.